The first-order valence-corrected chi connectivity index (χ1v) is 12.9. The fraction of sp³-hybridized carbons (Fsp3) is 0.292. The molecule has 1 N–H and O–H groups in total. The zero-order valence-electron chi connectivity index (χ0n) is 19.4. The number of carbonyl (C=O) groups excluding carboxylic acids is 1. The summed E-state index contributed by atoms with van der Waals surface area (Å²) in [5.74, 6) is -1.24. The highest BCUT2D eigenvalue weighted by atomic mass is 32.2. The molecule has 0 aliphatic carbocycles. The van der Waals surface area contributed by atoms with Gasteiger partial charge in [0.25, 0.3) is 10.0 Å². The average Bonchev–Trinajstić information content (AvgIpc) is 3.31. The highest BCUT2D eigenvalue weighted by molar-refractivity contribution is 7.92. The number of alkyl halides is 3. The molecule has 0 atom stereocenters. The summed E-state index contributed by atoms with van der Waals surface area (Å²) in [5.41, 5.74) is 1.90. The first-order chi connectivity index (χ1) is 17.6. The topological polar surface area (TPSA) is 105 Å². The maximum absolute atomic E-state index is 13.0. The maximum Gasteiger partial charge on any atom is 0.471 e. The molecular weight excluding hydrogens is 511 g/mol. The van der Waals surface area contributed by atoms with Crippen LogP contribution in [-0.2, 0) is 26.0 Å². The Hall–Kier alpha value is -3.71. The van der Waals surface area contributed by atoms with Gasteiger partial charge in [0.1, 0.15) is 0 Å². The molecule has 0 unspecified atom stereocenters. The number of aromatic nitrogens is 2. The average molecular weight is 534 g/mol. The quantitative estimate of drug-likeness (QED) is 0.537. The van der Waals surface area contributed by atoms with Gasteiger partial charge in [-0.1, -0.05) is 12.1 Å². The van der Waals surface area contributed by atoms with E-state index in [1.54, 1.807) is 30.3 Å². The van der Waals surface area contributed by atoms with Crippen molar-refractivity contribution < 1.29 is 31.1 Å². The van der Waals surface area contributed by atoms with Crippen molar-refractivity contribution in [3.05, 3.63) is 60.2 Å². The van der Waals surface area contributed by atoms with E-state index in [2.05, 4.69) is 19.8 Å². The molecule has 1 amide bonds. The number of carbonyl (C=O) groups is 1. The number of sulfonamides is 1. The molecule has 3 aromatic rings. The molecule has 37 heavy (non-hydrogen) atoms. The minimum absolute atomic E-state index is 0.0578. The molecule has 0 spiro atoms. The van der Waals surface area contributed by atoms with Gasteiger partial charge in [0.05, 0.1) is 23.8 Å². The predicted octanol–water partition coefficient (Wildman–Crippen LogP) is 3.23. The van der Waals surface area contributed by atoms with Crippen LogP contribution >= 0.6 is 0 Å². The van der Waals surface area contributed by atoms with Crippen LogP contribution < -0.4 is 14.5 Å². The molecule has 2 aromatic carbocycles. The number of nitrogens with one attached hydrogen (secondary N) is 1. The lowest BCUT2D eigenvalue weighted by Gasteiger charge is -2.27. The molecule has 194 valence electrons. The van der Waals surface area contributed by atoms with Crippen LogP contribution in [0.3, 0.4) is 0 Å². The van der Waals surface area contributed by atoms with E-state index in [0.717, 1.165) is 18.9 Å². The normalized spacial score (nSPS) is 16.0. The van der Waals surface area contributed by atoms with Crippen molar-refractivity contribution in [2.24, 2.45) is 0 Å². The number of rotatable bonds is 5. The number of halogens is 3. The van der Waals surface area contributed by atoms with Gasteiger partial charge in [0.15, 0.2) is 5.82 Å². The van der Waals surface area contributed by atoms with Gasteiger partial charge in [0, 0.05) is 36.6 Å². The summed E-state index contributed by atoms with van der Waals surface area (Å²) in [7, 11) is -4.05. The van der Waals surface area contributed by atoms with Gasteiger partial charge < -0.3 is 14.5 Å². The van der Waals surface area contributed by atoms with Crippen molar-refractivity contribution in [2.45, 2.75) is 17.5 Å². The molecule has 3 heterocycles. The lowest BCUT2D eigenvalue weighted by molar-refractivity contribution is -0.170. The molecule has 9 nitrogen and oxygen atoms in total. The Bertz CT molecular complexity index is 1430. The highest BCUT2D eigenvalue weighted by Crippen LogP contribution is 2.34. The van der Waals surface area contributed by atoms with E-state index in [9.17, 15) is 26.4 Å². The lowest BCUT2D eigenvalue weighted by atomic mass is 10.1. The fourth-order valence-electron chi connectivity index (χ4n) is 4.31. The molecule has 1 saturated heterocycles. The smallest absolute Gasteiger partial charge is 0.378 e. The van der Waals surface area contributed by atoms with E-state index in [4.69, 9.17) is 4.74 Å². The third kappa shape index (κ3) is 5.23. The van der Waals surface area contributed by atoms with Crippen LogP contribution in [0.25, 0.3) is 11.3 Å². The minimum Gasteiger partial charge on any atom is -0.378 e. The molecule has 2 aliphatic heterocycles. The summed E-state index contributed by atoms with van der Waals surface area (Å²) in [5, 5.41) is 8.56. The number of ether oxygens (including phenoxy) is 1. The first-order valence-electron chi connectivity index (χ1n) is 11.4. The van der Waals surface area contributed by atoms with Crippen LogP contribution in [-0.4, -0.2) is 63.5 Å². The van der Waals surface area contributed by atoms with E-state index >= 15 is 0 Å². The van der Waals surface area contributed by atoms with Gasteiger partial charge >= 0.3 is 12.1 Å². The highest BCUT2D eigenvalue weighted by Gasteiger charge is 2.44. The fourth-order valence-corrected chi connectivity index (χ4v) is 5.41. The maximum atomic E-state index is 13.0. The third-order valence-corrected chi connectivity index (χ3v) is 7.52. The van der Waals surface area contributed by atoms with Crippen molar-refractivity contribution in [3.8, 4) is 11.3 Å². The van der Waals surface area contributed by atoms with Crippen LogP contribution in [0.1, 0.15) is 5.56 Å². The van der Waals surface area contributed by atoms with Crippen LogP contribution in [0.5, 0.6) is 0 Å². The SMILES string of the molecule is O=C(N1CCc2cc(S(=O)(=O)Nc3cccc(-c4ccc(N5CCOCC5)nn4)c3)ccc21)C(F)(F)F. The second-order valence-electron chi connectivity index (χ2n) is 8.56. The summed E-state index contributed by atoms with van der Waals surface area (Å²) in [4.78, 5) is 14.2. The summed E-state index contributed by atoms with van der Waals surface area (Å²) in [6.07, 6.45) is -4.89. The van der Waals surface area contributed by atoms with Crippen molar-refractivity contribution >= 4 is 33.1 Å². The molecule has 2 aliphatic rings. The Morgan fingerprint density at radius 2 is 1.76 bits per heavy atom. The Morgan fingerprint density at radius 1 is 0.973 bits per heavy atom. The summed E-state index contributed by atoms with van der Waals surface area (Å²) in [6.45, 7) is 2.53. The van der Waals surface area contributed by atoms with E-state index in [0.29, 0.717) is 34.9 Å². The second kappa shape index (κ2) is 9.63. The third-order valence-electron chi connectivity index (χ3n) is 6.14. The number of fused-ring (bicyclic) bond motifs is 1. The zero-order chi connectivity index (χ0) is 26.2. The summed E-state index contributed by atoms with van der Waals surface area (Å²) in [6, 6.07) is 14.0. The van der Waals surface area contributed by atoms with Crippen LogP contribution in [0, 0.1) is 0 Å². The Morgan fingerprint density at radius 3 is 2.46 bits per heavy atom. The van der Waals surface area contributed by atoms with E-state index in [1.165, 1.54) is 18.2 Å². The Balaban J connectivity index is 1.33. The first kappa shape index (κ1) is 25.0. The number of morpholine rings is 1. The molecule has 0 bridgehead atoms. The van der Waals surface area contributed by atoms with E-state index in [1.807, 2.05) is 6.07 Å². The van der Waals surface area contributed by atoms with Gasteiger partial charge in [-0.2, -0.15) is 13.2 Å². The summed E-state index contributed by atoms with van der Waals surface area (Å²) < 4.78 is 72.5. The van der Waals surface area contributed by atoms with Crippen LogP contribution in [0.4, 0.5) is 30.4 Å². The van der Waals surface area contributed by atoms with Crippen molar-refractivity contribution in [1.29, 1.82) is 0 Å². The van der Waals surface area contributed by atoms with Gasteiger partial charge in [-0.15, -0.1) is 10.2 Å². The number of hydrogen-bond acceptors (Lipinski definition) is 7. The van der Waals surface area contributed by atoms with Crippen LogP contribution in [0.2, 0.25) is 0 Å². The Kier molecular flexibility index (Phi) is 6.50. The van der Waals surface area contributed by atoms with Gasteiger partial charge in [0.2, 0.25) is 0 Å². The number of amides is 1. The molecule has 1 aromatic heterocycles. The molecule has 1 fully saturated rings. The van der Waals surface area contributed by atoms with E-state index in [-0.39, 0.29) is 29.2 Å². The monoisotopic (exact) mass is 533 g/mol. The van der Waals surface area contributed by atoms with Gasteiger partial charge in [-0.3, -0.25) is 9.52 Å². The molecule has 0 radical (unpaired) electrons. The Labute approximate surface area is 210 Å². The van der Waals surface area contributed by atoms with Crippen molar-refractivity contribution in [3.63, 3.8) is 0 Å². The number of nitrogens with zero attached hydrogens (tertiary/aromatic N) is 4. The predicted molar refractivity (Wildman–Crippen MR) is 130 cm³/mol. The zero-order valence-corrected chi connectivity index (χ0v) is 20.2. The number of hydrogen-bond donors (Lipinski definition) is 1. The minimum atomic E-state index is -5.01. The largest absolute Gasteiger partial charge is 0.471 e. The van der Waals surface area contributed by atoms with Gasteiger partial charge in [-0.25, -0.2) is 8.42 Å². The van der Waals surface area contributed by atoms with E-state index < -0.39 is 22.1 Å². The molecular formula is C24H22F3N5O4S. The van der Waals surface area contributed by atoms with Crippen molar-refractivity contribution in [2.75, 3.05) is 47.4 Å². The molecule has 5 rings (SSSR count). The molecule has 13 heteroatoms. The summed E-state index contributed by atoms with van der Waals surface area (Å²) >= 11 is 0. The molecule has 0 saturated carbocycles. The van der Waals surface area contributed by atoms with Gasteiger partial charge in [-0.05, 0) is 54.4 Å². The standard InChI is InChI=1S/C24H22F3N5O4S/c25-24(26,27)23(33)32-9-8-17-15-19(4-6-21(17)32)37(34,35)30-18-3-1-2-16(14-18)20-5-7-22(29-28-20)31-10-12-36-13-11-31/h1-7,14-15,30H,8-13H2. The second-order valence-corrected chi connectivity index (χ2v) is 10.2. The van der Waals surface area contributed by atoms with Crippen LogP contribution in [0.15, 0.2) is 59.5 Å². The van der Waals surface area contributed by atoms with Crippen molar-refractivity contribution in [1.82, 2.24) is 10.2 Å². The number of anilines is 3. The lowest BCUT2D eigenvalue weighted by Crippen LogP contribution is -2.40. The number of benzene rings is 2.